The number of nitrogens with one attached hydrogen (secondary N) is 1. The fourth-order valence-corrected chi connectivity index (χ4v) is 3.15. The summed E-state index contributed by atoms with van der Waals surface area (Å²) in [5.41, 5.74) is 0.694. The topological polar surface area (TPSA) is 113 Å². The predicted octanol–water partition coefficient (Wildman–Crippen LogP) is 2.23. The van der Waals surface area contributed by atoms with Crippen molar-refractivity contribution in [1.82, 2.24) is 25.0 Å². The van der Waals surface area contributed by atoms with Gasteiger partial charge in [0.05, 0.1) is 35.9 Å². The SMILES string of the molecule is N#Cc1cc(OC(F)(F)F)cc(-c2cc(C(=O)N3CNC(=O)C3)nn2-c2cccnc2)c1. The van der Waals surface area contributed by atoms with Crippen molar-refractivity contribution in [2.24, 2.45) is 0 Å². The van der Waals surface area contributed by atoms with E-state index in [-0.39, 0.29) is 41.6 Å². The monoisotopic (exact) mass is 442 g/mol. The summed E-state index contributed by atoms with van der Waals surface area (Å²) in [6, 6.07) is 9.81. The Balaban J connectivity index is 1.83. The Morgan fingerprint density at radius 2 is 2.06 bits per heavy atom. The van der Waals surface area contributed by atoms with Crippen LogP contribution in [0, 0.1) is 11.3 Å². The lowest BCUT2D eigenvalue weighted by Gasteiger charge is -2.12. The van der Waals surface area contributed by atoms with Gasteiger partial charge in [-0.05, 0) is 36.4 Å². The van der Waals surface area contributed by atoms with E-state index >= 15 is 0 Å². The quantitative estimate of drug-likeness (QED) is 0.663. The molecule has 1 saturated heterocycles. The lowest BCUT2D eigenvalue weighted by Crippen LogP contribution is -2.30. The molecule has 2 amide bonds. The first-order valence-electron chi connectivity index (χ1n) is 9.11. The van der Waals surface area contributed by atoms with Gasteiger partial charge in [-0.1, -0.05) is 0 Å². The number of nitrogens with zero attached hydrogens (tertiary/aromatic N) is 5. The minimum Gasteiger partial charge on any atom is -0.406 e. The highest BCUT2D eigenvalue weighted by Gasteiger charge is 2.32. The molecular formula is C20H13F3N6O3. The number of ether oxygens (including phenoxy) is 1. The predicted molar refractivity (Wildman–Crippen MR) is 102 cm³/mol. The van der Waals surface area contributed by atoms with E-state index < -0.39 is 18.0 Å². The Bertz CT molecular complexity index is 1230. The van der Waals surface area contributed by atoms with Gasteiger partial charge in [-0.15, -0.1) is 13.2 Å². The van der Waals surface area contributed by atoms with E-state index in [0.29, 0.717) is 5.69 Å². The second-order valence-corrected chi connectivity index (χ2v) is 6.70. The van der Waals surface area contributed by atoms with Gasteiger partial charge in [-0.2, -0.15) is 10.4 Å². The number of nitriles is 1. The van der Waals surface area contributed by atoms with Crippen LogP contribution in [0.3, 0.4) is 0 Å². The fraction of sp³-hybridized carbons (Fsp3) is 0.150. The summed E-state index contributed by atoms with van der Waals surface area (Å²) in [6.07, 6.45) is -1.98. The molecule has 1 aromatic carbocycles. The molecule has 2 aromatic heterocycles. The molecule has 3 heterocycles. The van der Waals surface area contributed by atoms with Crippen molar-refractivity contribution < 1.29 is 27.5 Å². The van der Waals surface area contributed by atoms with Gasteiger partial charge in [-0.25, -0.2) is 4.68 Å². The van der Waals surface area contributed by atoms with E-state index in [1.807, 2.05) is 0 Å². The van der Waals surface area contributed by atoms with Crippen LogP contribution in [0.4, 0.5) is 13.2 Å². The van der Waals surface area contributed by atoms with Crippen LogP contribution in [0.2, 0.25) is 0 Å². The molecule has 0 unspecified atom stereocenters. The number of hydrogen-bond acceptors (Lipinski definition) is 6. The lowest BCUT2D eigenvalue weighted by atomic mass is 10.1. The van der Waals surface area contributed by atoms with E-state index in [0.717, 1.165) is 12.1 Å². The molecule has 0 bridgehead atoms. The van der Waals surface area contributed by atoms with E-state index in [9.17, 15) is 28.0 Å². The van der Waals surface area contributed by atoms with Crippen molar-refractivity contribution >= 4 is 11.8 Å². The highest BCUT2D eigenvalue weighted by molar-refractivity contribution is 5.97. The second-order valence-electron chi connectivity index (χ2n) is 6.70. The Labute approximate surface area is 178 Å². The molecule has 0 saturated carbocycles. The summed E-state index contributed by atoms with van der Waals surface area (Å²) in [4.78, 5) is 29.5. The Morgan fingerprint density at radius 3 is 2.69 bits per heavy atom. The summed E-state index contributed by atoms with van der Waals surface area (Å²) >= 11 is 0. The van der Waals surface area contributed by atoms with Gasteiger partial charge in [0, 0.05) is 11.8 Å². The maximum atomic E-state index is 12.8. The van der Waals surface area contributed by atoms with Crippen molar-refractivity contribution in [3.8, 4) is 28.8 Å². The zero-order valence-electron chi connectivity index (χ0n) is 16.1. The number of hydrogen-bond donors (Lipinski definition) is 1. The van der Waals surface area contributed by atoms with Crippen LogP contribution in [0.15, 0.2) is 48.8 Å². The van der Waals surface area contributed by atoms with Crippen LogP contribution < -0.4 is 10.1 Å². The third-order valence-corrected chi connectivity index (χ3v) is 4.47. The molecule has 3 aromatic rings. The number of aromatic nitrogens is 3. The molecule has 12 heteroatoms. The maximum absolute atomic E-state index is 12.8. The van der Waals surface area contributed by atoms with E-state index in [4.69, 9.17) is 0 Å². The van der Waals surface area contributed by atoms with Crippen LogP contribution >= 0.6 is 0 Å². The normalized spacial score (nSPS) is 13.6. The molecule has 9 nitrogen and oxygen atoms in total. The van der Waals surface area contributed by atoms with Gasteiger partial charge < -0.3 is 15.0 Å². The minimum absolute atomic E-state index is 0.0141. The van der Waals surface area contributed by atoms with Crippen molar-refractivity contribution in [1.29, 1.82) is 5.26 Å². The van der Waals surface area contributed by atoms with Gasteiger partial charge in [0.2, 0.25) is 5.91 Å². The Hall–Kier alpha value is -4.40. The highest BCUT2D eigenvalue weighted by atomic mass is 19.4. The van der Waals surface area contributed by atoms with E-state index in [2.05, 4.69) is 20.1 Å². The van der Waals surface area contributed by atoms with Crippen LogP contribution in [0.1, 0.15) is 16.1 Å². The van der Waals surface area contributed by atoms with Crippen LogP contribution in [-0.4, -0.2) is 51.1 Å². The molecule has 32 heavy (non-hydrogen) atoms. The van der Waals surface area contributed by atoms with Gasteiger partial charge in [0.15, 0.2) is 5.69 Å². The van der Waals surface area contributed by atoms with Crippen LogP contribution in [0.5, 0.6) is 5.75 Å². The smallest absolute Gasteiger partial charge is 0.406 e. The largest absolute Gasteiger partial charge is 0.573 e. The fourth-order valence-electron chi connectivity index (χ4n) is 3.15. The molecule has 1 aliphatic rings. The average molecular weight is 442 g/mol. The first kappa shape index (κ1) is 20.9. The number of carbonyl (C=O) groups is 2. The Morgan fingerprint density at radius 1 is 1.25 bits per heavy atom. The molecule has 4 rings (SSSR count). The van der Waals surface area contributed by atoms with Gasteiger partial charge in [0.25, 0.3) is 5.91 Å². The Kier molecular flexibility index (Phi) is 5.23. The third kappa shape index (κ3) is 4.36. The van der Waals surface area contributed by atoms with E-state index in [1.165, 1.54) is 34.1 Å². The second kappa shape index (κ2) is 8.03. The number of amides is 2. The number of pyridine rings is 1. The molecule has 1 N–H and O–H groups in total. The summed E-state index contributed by atoms with van der Waals surface area (Å²) in [6.45, 7) is -0.123. The standard InChI is InChI=1S/C20H13F3N6O3/c21-20(22,23)32-15-5-12(8-24)4-13(6-15)17-7-16(19(31)28-10-18(30)26-11-28)27-29(17)14-2-1-3-25-9-14/h1-7,9H,10-11H2,(H,26,30). The summed E-state index contributed by atoms with van der Waals surface area (Å²) in [7, 11) is 0. The third-order valence-electron chi connectivity index (χ3n) is 4.47. The maximum Gasteiger partial charge on any atom is 0.573 e. The van der Waals surface area contributed by atoms with Gasteiger partial charge >= 0.3 is 6.36 Å². The van der Waals surface area contributed by atoms with Gasteiger partial charge in [0.1, 0.15) is 12.3 Å². The summed E-state index contributed by atoms with van der Waals surface area (Å²) in [5.74, 6) is -1.45. The molecule has 0 spiro atoms. The van der Waals surface area contributed by atoms with Crippen molar-refractivity contribution in [3.63, 3.8) is 0 Å². The summed E-state index contributed by atoms with van der Waals surface area (Å²) in [5, 5.41) is 16.1. The minimum atomic E-state index is -4.95. The molecule has 0 radical (unpaired) electrons. The molecule has 0 atom stereocenters. The molecule has 162 valence electrons. The molecular weight excluding hydrogens is 429 g/mol. The number of rotatable bonds is 4. The molecule has 1 aliphatic heterocycles. The van der Waals surface area contributed by atoms with Crippen molar-refractivity contribution in [2.45, 2.75) is 6.36 Å². The van der Waals surface area contributed by atoms with E-state index in [1.54, 1.807) is 18.2 Å². The molecule has 1 fully saturated rings. The lowest BCUT2D eigenvalue weighted by molar-refractivity contribution is -0.274. The summed E-state index contributed by atoms with van der Waals surface area (Å²) < 4.78 is 43.6. The first-order valence-corrected chi connectivity index (χ1v) is 9.11. The first-order chi connectivity index (χ1) is 15.2. The number of benzene rings is 1. The van der Waals surface area contributed by atoms with Crippen LogP contribution in [-0.2, 0) is 4.79 Å². The number of halogens is 3. The molecule has 0 aliphatic carbocycles. The highest BCUT2D eigenvalue weighted by Crippen LogP contribution is 2.31. The van der Waals surface area contributed by atoms with Crippen LogP contribution in [0.25, 0.3) is 16.9 Å². The number of alkyl halides is 3. The van der Waals surface area contributed by atoms with Crippen molar-refractivity contribution in [2.75, 3.05) is 13.2 Å². The van der Waals surface area contributed by atoms with Crippen molar-refractivity contribution in [3.05, 3.63) is 60.0 Å². The average Bonchev–Trinajstić information content (AvgIpc) is 3.39. The zero-order valence-corrected chi connectivity index (χ0v) is 16.1. The number of carbonyl (C=O) groups excluding carboxylic acids is 2. The van der Waals surface area contributed by atoms with Gasteiger partial charge in [-0.3, -0.25) is 14.6 Å². The zero-order chi connectivity index (χ0) is 22.9.